The standard InChI is InChI=1S/C17H20N4O3S/c1-24-11-16(23)21-7-5-20(6-8-21)15(22)9-14-12-25-17(19-14)13-3-2-4-18-10-13/h2-4,10,12H,5-9,11H2,1H3. The Labute approximate surface area is 150 Å². The zero-order chi connectivity index (χ0) is 17.6. The molecule has 3 heterocycles. The van der Waals surface area contributed by atoms with Gasteiger partial charge in [0, 0.05) is 56.6 Å². The number of thiazole rings is 1. The lowest BCUT2D eigenvalue weighted by atomic mass is 10.2. The van der Waals surface area contributed by atoms with Gasteiger partial charge in [0.2, 0.25) is 11.8 Å². The summed E-state index contributed by atoms with van der Waals surface area (Å²) in [5.41, 5.74) is 1.73. The molecule has 0 spiro atoms. The van der Waals surface area contributed by atoms with Crippen LogP contribution in [0, 0.1) is 0 Å². The van der Waals surface area contributed by atoms with E-state index in [1.807, 2.05) is 17.5 Å². The van der Waals surface area contributed by atoms with E-state index >= 15 is 0 Å². The molecule has 1 aliphatic rings. The van der Waals surface area contributed by atoms with Crippen molar-refractivity contribution in [3.8, 4) is 10.6 Å². The monoisotopic (exact) mass is 360 g/mol. The van der Waals surface area contributed by atoms with Crippen molar-refractivity contribution in [3.05, 3.63) is 35.6 Å². The third-order valence-electron chi connectivity index (χ3n) is 4.05. The van der Waals surface area contributed by atoms with Gasteiger partial charge in [-0.05, 0) is 12.1 Å². The number of aromatic nitrogens is 2. The van der Waals surface area contributed by atoms with Gasteiger partial charge in [0.05, 0.1) is 12.1 Å². The molecule has 1 fully saturated rings. The number of piperazine rings is 1. The summed E-state index contributed by atoms with van der Waals surface area (Å²) in [5, 5.41) is 2.78. The van der Waals surface area contributed by atoms with Crippen LogP contribution in [0.25, 0.3) is 10.6 Å². The lowest BCUT2D eigenvalue weighted by Gasteiger charge is -2.34. The molecule has 0 N–H and O–H groups in total. The van der Waals surface area contributed by atoms with Crippen LogP contribution in [0.5, 0.6) is 0 Å². The molecular weight excluding hydrogens is 340 g/mol. The third-order valence-corrected chi connectivity index (χ3v) is 4.99. The number of rotatable bonds is 5. The zero-order valence-corrected chi connectivity index (χ0v) is 14.9. The van der Waals surface area contributed by atoms with Gasteiger partial charge in [0.25, 0.3) is 0 Å². The van der Waals surface area contributed by atoms with Crippen LogP contribution in [-0.2, 0) is 20.7 Å². The molecule has 132 valence electrons. The number of carbonyl (C=O) groups excluding carboxylic acids is 2. The molecule has 0 radical (unpaired) electrons. The highest BCUT2D eigenvalue weighted by molar-refractivity contribution is 7.13. The van der Waals surface area contributed by atoms with Crippen LogP contribution >= 0.6 is 11.3 Å². The Morgan fingerprint density at radius 3 is 2.56 bits per heavy atom. The van der Waals surface area contributed by atoms with Gasteiger partial charge in [-0.1, -0.05) is 0 Å². The smallest absolute Gasteiger partial charge is 0.248 e. The Kier molecular flexibility index (Phi) is 5.72. The molecule has 1 saturated heterocycles. The SMILES string of the molecule is COCC(=O)N1CCN(C(=O)Cc2csc(-c3cccnc3)n2)CC1. The summed E-state index contributed by atoms with van der Waals surface area (Å²) in [6, 6.07) is 3.82. The van der Waals surface area contributed by atoms with Crippen molar-refractivity contribution in [2.24, 2.45) is 0 Å². The zero-order valence-electron chi connectivity index (χ0n) is 14.1. The summed E-state index contributed by atoms with van der Waals surface area (Å²) in [5.74, 6) is 0.0112. The molecule has 3 rings (SSSR count). The van der Waals surface area contributed by atoms with Crippen LogP contribution in [0.1, 0.15) is 5.69 Å². The summed E-state index contributed by atoms with van der Waals surface area (Å²) in [6.45, 7) is 2.28. The number of carbonyl (C=O) groups is 2. The van der Waals surface area contributed by atoms with Crippen LogP contribution in [-0.4, -0.2) is 71.5 Å². The fraction of sp³-hybridized carbons (Fsp3) is 0.412. The Bertz CT molecular complexity index is 727. The maximum atomic E-state index is 12.5. The first-order valence-electron chi connectivity index (χ1n) is 8.06. The molecule has 2 amide bonds. The van der Waals surface area contributed by atoms with Gasteiger partial charge in [-0.15, -0.1) is 11.3 Å². The van der Waals surface area contributed by atoms with Crippen molar-refractivity contribution in [2.45, 2.75) is 6.42 Å². The minimum atomic E-state index is -0.0322. The van der Waals surface area contributed by atoms with E-state index < -0.39 is 0 Å². The van der Waals surface area contributed by atoms with Crippen molar-refractivity contribution >= 4 is 23.2 Å². The molecule has 0 aliphatic carbocycles. The lowest BCUT2D eigenvalue weighted by Crippen LogP contribution is -2.51. The normalized spacial score (nSPS) is 14.6. The van der Waals surface area contributed by atoms with E-state index in [2.05, 4.69) is 9.97 Å². The molecule has 8 heteroatoms. The highest BCUT2D eigenvalue weighted by Crippen LogP contribution is 2.23. The maximum absolute atomic E-state index is 12.5. The third kappa shape index (κ3) is 4.40. The number of hydrogen-bond acceptors (Lipinski definition) is 6. The van der Waals surface area contributed by atoms with Gasteiger partial charge in [-0.3, -0.25) is 14.6 Å². The first-order valence-corrected chi connectivity index (χ1v) is 8.94. The minimum absolute atomic E-state index is 0.0322. The fourth-order valence-corrected chi connectivity index (χ4v) is 3.51. The van der Waals surface area contributed by atoms with Gasteiger partial charge in [0.15, 0.2) is 0 Å². The Morgan fingerprint density at radius 1 is 1.20 bits per heavy atom. The Balaban J connectivity index is 1.54. The number of pyridine rings is 1. The highest BCUT2D eigenvalue weighted by atomic mass is 32.1. The number of amides is 2. The van der Waals surface area contributed by atoms with Crippen LogP contribution < -0.4 is 0 Å². The van der Waals surface area contributed by atoms with Crippen molar-refractivity contribution < 1.29 is 14.3 Å². The van der Waals surface area contributed by atoms with E-state index in [0.29, 0.717) is 26.2 Å². The minimum Gasteiger partial charge on any atom is -0.375 e. The van der Waals surface area contributed by atoms with E-state index in [1.54, 1.807) is 22.2 Å². The maximum Gasteiger partial charge on any atom is 0.248 e. The number of ether oxygens (including phenoxy) is 1. The predicted octanol–water partition coefficient (Wildman–Crippen LogP) is 1.06. The largest absolute Gasteiger partial charge is 0.375 e. The number of hydrogen-bond donors (Lipinski definition) is 0. The summed E-state index contributed by atoms with van der Waals surface area (Å²) in [4.78, 5) is 36.4. The Morgan fingerprint density at radius 2 is 1.92 bits per heavy atom. The second kappa shape index (κ2) is 8.17. The molecule has 1 aliphatic heterocycles. The highest BCUT2D eigenvalue weighted by Gasteiger charge is 2.24. The van der Waals surface area contributed by atoms with Crippen LogP contribution in [0.4, 0.5) is 0 Å². The summed E-state index contributed by atoms with van der Waals surface area (Å²) < 4.78 is 4.87. The van der Waals surface area contributed by atoms with E-state index in [0.717, 1.165) is 16.3 Å². The van der Waals surface area contributed by atoms with Gasteiger partial charge in [-0.2, -0.15) is 0 Å². The predicted molar refractivity (Wildman–Crippen MR) is 94.1 cm³/mol. The second-order valence-electron chi connectivity index (χ2n) is 5.76. The van der Waals surface area contributed by atoms with Gasteiger partial charge >= 0.3 is 0 Å². The molecule has 0 saturated carbocycles. The van der Waals surface area contributed by atoms with Gasteiger partial charge in [-0.25, -0.2) is 4.98 Å². The summed E-state index contributed by atoms with van der Waals surface area (Å²) >= 11 is 1.51. The topological polar surface area (TPSA) is 75.6 Å². The fourth-order valence-electron chi connectivity index (χ4n) is 2.70. The quantitative estimate of drug-likeness (QED) is 0.797. The molecule has 2 aromatic rings. The van der Waals surface area contributed by atoms with Crippen LogP contribution in [0.2, 0.25) is 0 Å². The second-order valence-corrected chi connectivity index (χ2v) is 6.62. The number of methoxy groups -OCH3 is 1. The average Bonchev–Trinajstić information content (AvgIpc) is 3.11. The van der Waals surface area contributed by atoms with Gasteiger partial charge in [0.1, 0.15) is 11.6 Å². The molecule has 25 heavy (non-hydrogen) atoms. The average molecular weight is 360 g/mol. The van der Waals surface area contributed by atoms with E-state index in [1.165, 1.54) is 18.4 Å². The molecule has 0 aromatic carbocycles. The molecule has 0 bridgehead atoms. The summed E-state index contributed by atoms with van der Waals surface area (Å²) in [7, 11) is 1.51. The molecule has 7 nitrogen and oxygen atoms in total. The molecule has 2 aromatic heterocycles. The first-order chi connectivity index (χ1) is 12.2. The van der Waals surface area contributed by atoms with Crippen molar-refractivity contribution in [2.75, 3.05) is 39.9 Å². The number of nitrogens with zero attached hydrogens (tertiary/aromatic N) is 4. The van der Waals surface area contributed by atoms with Crippen LogP contribution in [0.3, 0.4) is 0 Å². The first kappa shape index (κ1) is 17.5. The molecule has 0 atom stereocenters. The van der Waals surface area contributed by atoms with Crippen molar-refractivity contribution in [1.29, 1.82) is 0 Å². The van der Waals surface area contributed by atoms with E-state index in [9.17, 15) is 9.59 Å². The van der Waals surface area contributed by atoms with E-state index in [-0.39, 0.29) is 24.8 Å². The molecule has 0 unspecified atom stereocenters. The molecular formula is C17H20N4O3S. The lowest BCUT2D eigenvalue weighted by molar-refractivity contribution is -0.141. The Hall–Kier alpha value is -2.32. The summed E-state index contributed by atoms with van der Waals surface area (Å²) in [6.07, 6.45) is 3.77. The van der Waals surface area contributed by atoms with Crippen LogP contribution in [0.15, 0.2) is 29.9 Å². The van der Waals surface area contributed by atoms with Crippen molar-refractivity contribution in [1.82, 2.24) is 19.8 Å². The van der Waals surface area contributed by atoms with Crippen molar-refractivity contribution in [3.63, 3.8) is 0 Å². The van der Waals surface area contributed by atoms with E-state index in [4.69, 9.17) is 4.74 Å². The van der Waals surface area contributed by atoms with Gasteiger partial charge < -0.3 is 14.5 Å².